The van der Waals surface area contributed by atoms with Gasteiger partial charge in [0.25, 0.3) is 5.56 Å². The molecule has 1 fully saturated rings. The molecule has 0 bridgehead atoms. The molecule has 1 aromatic heterocycles. The second-order valence-corrected chi connectivity index (χ2v) is 8.66. The Morgan fingerprint density at radius 1 is 1.03 bits per heavy atom. The van der Waals surface area contributed by atoms with Gasteiger partial charge in [-0.2, -0.15) is 13.2 Å². The Kier molecular flexibility index (Phi) is 7.37. The molecule has 1 atom stereocenters. The number of rotatable bonds is 8. The van der Waals surface area contributed by atoms with Crippen molar-refractivity contribution < 1.29 is 18.3 Å². The molecule has 0 radical (unpaired) electrons. The van der Waals surface area contributed by atoms with Gasteiger partial charge in [0.15, 0.2) is 0 Å². The van der Waals surface area contributed by atoms with Crippen molar-refractivity contribution in [3.05, 3.63) is 82.3 Å². The van der Waals surface area contributed by atoms with Crippen molar-refractivity contribution in [2.75, 3.05) is 31.5 Å². The molecule has 1 aliphatic heterocycles. The molecule has 3 aromatic rings. The second-order valence-electron chi connectivity index (χ2n) is 8.66. The third-order valence-electron chi connectivity index (χ3n) is 6.13. The largest absolute Gasteiger partial charge is 0.416 e. The summed E-state index contributed by atoms with van der Waals surface area (Å²) in [5.41, 5.74) is 1.72. The number of benzene rings is 2. The number of aliphatic hydroxyl groups excluding tert-OH is 1. The van der Waals surface area contributed by atoms with Crippen molar-refractivity contribution in [3.63, 3.8) is 0 Å². The first-order valence-electron chi connectivity index (χ1n) is 11.4. The van der Waals surface area contributed by atoms with Gasteiger partial charge in [-0.1, -0.05) is 12.1 Å². The highest BCUT2D eigenvalue weighted by atomic mass is 19.4. The summed E-state index contributed by atoms with van der Waals surface area (Å²) in [6.45, 7) is 2.96. The first-order chi connectivity index (χ1) is 16.7. The van der Waals surface area contributed by atoms with Gasteiger partial charge >= 0.3 is 6.18 Å². The van der Waals surface area contributed by atoms with Crippen molar-refractivity contribution in [3.8, 4) is 16.8 Å². The third-order valence-corrected chi connectivity index (χ3v) is 6.13. The predicted molar refractivity (Wildman–Crippen MR) is 131 cm³/mol. The lowest BCUT2D eigenvalue weighted by atomic mass is 10.0. The molecule has 1 aliphatic rings. The number of pyridine rings is 1. The molecular formula is C26H27F3N4O2. The maximum atomic E-state index is 12.8. The zero-order valence-electron chi connectivity index (χ0n) is 19.1. The number of alkyl halides is 3. The van der Waals surface area contributed by atoms with Crippen LogP contribution in [0.25, 0.3) is 16.8 Å². The van der Waals surface area contributed by atoms with Gasteiger partial charge in [-0.05, 0) is 73.5 Å². The fourth-order valence-electron chi connectivity index (χ4n) is 4.26. The van der Waals surface area contributed by atoms with Crippen LogP contribution in [-0.4, -0.2) is 53.1 Å². The maximum absolute atomic E-state index is 12.8. The molecule has 35 heavy (non-hydrogen) atoms. The van der Waals surface area contributed by atoms with Gasteiger partial charge in [0, 0.05) is 48.5 Å². The molecule has 2 heterocycles. The fraction of sp³-hybridized carbons (Fsp3) is 0.308. The van der Waals surface area contributed by atoms with Crippen LogP contribution in [0.4, 0.5) is 18.9 Å². The van der Waals surface area contributed by atoms with Crippen LogP contribution in [0.3, 0.4) is 0 Å². The van der Waals surface area contributed by atoms with Gasteiger partial charge in [0.05, 0.1) is 11.7 Å². The zero-order valence-corrected chi connectivity index (χ0v) is 19.1. The van der Waals surface area contributed by atoms with Gasteiger partial charge in [-0.25, -0.2) is 0 Å². The number of halogens is 3. The van der Waals surface area contributed by atoms with E-state index in [0.717, 1.165) is 38.1 Å². The average molecular weight is 485 g/mol. The SMILES string of the molecule is N=Cc1cc(-n2ccc(-c3ccc(C(F)(F)F)cc3)cc2=O)ccc1NC[C@@H](O)CN1CCCC1. The van der Waals surface area contributed by atoms with Gasteiger partial charge in [0.2, 0.25) is 0 Å². The van der Waals surface area contributed by atoms with E-state index in [1.165, 1.54) is 29.0 Å². The third kappa shape index (κ3) is 5.98. The smallest absolute Gasteiger partial charge is 0.390 e. The number of anilines is 1. The van der Waals surface area contributed by atoms with Crippen LogP contribution >= 0.6 is 0 Å². The average Bonchev–Trinajstić information content (AvgIpc) is 3.35. The number of aliphatic hydroxyl groups is 1. The normalized spacial score (nSPS) is 15.2. The lowest BCUT2D eigenvalue weighted by Gasteiger charge is -2.20. The maximum Gasteiger partial charge on any atom is 0.416 e. The molecule has 3 N–H and O–H groups in total. The summed E-state index contributed by atoms with van der Waals surface area (Å²) in [7, 11) is 0. The zero-order chi connectivity index (χ0) is 25.0. The van der Waals surface area contributed by atoms with E-state index >= 15 is 0 Å². The van der Waals surface area contributed by atoms with E-state index < -0.39 is 17.8 Å². The highest BCUT2D eigenvalue weighted by Gasteiger charge is 2.30. The van der Waals surface area contributed by atoms with Crippen molar-refractivity contribution in [1.29, 1.82) is 5.41 Å². The van der Waals surface area contributed by atoms with Gasteiger partial charge < -0.3 is 20.7 Å². The topological polar surface area (TPSA) is 81.3 Å². The Hall–Kier alpha value is -3.43. The number of hydrogen-bond donors (Lipinski definition) is 3. The fourth-order valence-corrected chi connectivity index (χ4v) is 4.26. The summed E-state index contributed by atoms with van der Waals surface area (Å²) in [6, 6.07) is 12.9. The van der Waals surface area contributed by atoms with Crippen LogP contribution in [0.5, 0.6) is 0 Å². The molecule has 4 rings (SSSR count). The molecule has 0 saturated carbocycles. The van der Waals surface area contributed by atoms with E-state index in [9.17, 15) is 23.1 Å². The first kappa shape index (κ1) is 24.7. The van der Waals surface area contributed by atoms with Crippen LogP contribution in [0.15, 0.2) is 65.6 Å². The standard InChI is InChI=1S/C26H27F3N4O2/c27-26(28,29)21-5-3-18(4-6-21)19-9-12-33(25(35)14-19)22-7-8-24(20(13-22)15-30)31-16-23(34)17-32-10-1-2-11-32/h3-9,12-15,23,30-31,34H,1-2,10-11,16-17H2/t23-/m1/s1. The van der Waals surface area contributed by atoms with Crippen molar-refractivity contribution in [1.82, 2.24) is 9.47 Å². The summed E-state index contributed by atoms with van der Waals surface area (Å²) >= 11 is 0. The molecule has 0 aliphatic carbocycles. The van der Waals surface area contributed by atoms with Gasteiger partial charge in [-0.15, -0.1) is 0 Å². The van der Waals surface area contributed by atoms with Crippen LogP contribution in [0.1, 0.15) is 24.0 Å². The number of β-amino-alcohol motifs (C(OH)–C–C–N with tert-alkyl or cyclic N) is 1. The minimum absolute atomic E-state index is 0.346. The second kappa shape index (κ2) is 10.5. The van der Waals surface area contributed by atoms with Crippen molar-refractivity contribution >= 4 is 11.9 Å². The molecule has 184 valence electrons. The molecule has 0 spiro atoms. The van der Waals surface area contributed by atoms with E-state index in [4.69, 9.17) is 5.41 Å². The Bertz CT molecular complexity index is 1230. The van der Waals surface area contributed by atoms with E-state index in [2.05, 4.69) is 10.2 Å². The Balaban J connectivity index is 1.48. The highest BCUT2D eigenvalue weighted by Crippen LogP contribution is 2.30. The van der Waals surface area contributed by atoms with Gasteiger partial charge in [-0.3, -0.25) is 9.36 Å². The van der Waals surface area contributed by atoms with E-state index in [-0.39, 0.29) is 5.56 Å². The van der Waals surface area contributed by atoms with Crippen LogP contribution in [0.2, 0.25) is 0 Å². The number of likely N-dealkylation sites (tertiary alicyclic amines) is 1. The molecule has 1 saturated heterocycles. The number of nitrogens with one attached hydrogen (secondary N) is 2. The minimum Gasteiger partial charge on any atom is -0.390 e. The van der Waals surface area contributed by atoms with Gasteiger partial charge in [0.1, 0.15) is 0 Å². The summed E-state index contributed by atoms with van der Waals surface area (Å²) in [5.74, 6) is 0. The van der Waals surface area contributed by atoms with Crippen molar-refractivity contribution in [2.45, 2.75) is 25.1 Å². The molecule has 2 aromatic carbocycles. The van der Waals surface area contributed by atoms with Crippen molar-refractivity contribution in [2.24, 2.45) is 0 Å². The number of hydrogen-bond acceptors (Lipinski definition) is 5. The van der Waals surface area contributed by atoms with Crippen LogP contribution < -0.4 is 10.9 Å². The summed E-state index contributed by atoms with van der Waals surface area (Å²) in [4.78, 5) is 15.0. The Morgan fingerprint density at radius 3 is 2.37 bits per heavy atom. The van der Waals surface area contributed by atoms with E-state index in [0.29, 0.717) is 41.2 Å². The molecule has 0 unspecified atom stereocenters. The molecule has 9 heteroatoms. The first-order valence-corrected chi connectivity index (χ1v) is 11.4. The Morgan fingerprint density at radius 2 is 1.74 bits per heavy atom. The lowest BCUT2D eigenvalue weighted by Crippen LogP contribution is -2.34. The molecule has 0 amide bonds. The lowest BCUT2D eigenvalue weighted by molar-refractivity contribution is -0.137. The Labute approximate surface area is 201 Å². The van der Waals surface area contributed by atoms with Crippen LogP contribution in [0, 0.1) is 5.41 Å². The van der Waals surface area contributed by atoms with Crippen LogP contribution in [-0.2, 0) is 6.18 Å². The number of nitrogens with zero attached hydrogens (tertiary/aromatic N) is 2. The predicted octanol–water partition coefficient (Wildman–Crippen LogP) is 4.39. The van der Waals surface area contributed by atoms with E-state index in [1.54, 1.807) is 30.5 Å². The molecular weight excluding hydrogens is 457 g/mol. The minimum atomic E-state index is -4.42. The molecule has 6 nitrogen and oxygen atoms in total. The number of aromatic nitrogens is 1. The van der Waals surface area contributed by atoms with E-state index in [1.807, 2.05) is 0 Å². The monoisotopic (exact) mass is 484 g/mol. The summed E-state index contributed by atoms with van der Waals surface area (Å²) in [6.07, 6.45) is 0.105. The highest BCUT2D eigenvalue weighted by molar-refractivity contribution is 5.86. The quantitative estimate of drug-likeness (QED) is 0.415. The summed E-state index contributed by atoms with van der Waals surface area (Å²) in [5, 5.41) is 21.3. The summed E-state index contributed by atoms with van der Waals surface area (Å²) < 4.78 is 39.8.